The normalized spacial score (nSPS) is 10.1. The van der Waals surface area contributed by atoms with Crippen molar-refractivity contribution in [3.63, 3.8) is 0 Å². The summed E-state index contributed by atoms with van der Waals surface area (Å²) in [6.45, 7) is 0. The second-order valence-electron chi connectivity index (χ2n) is 3.86. The molecule has 0 aliphatic heterocycles. The van der Waals surface area contributed by atoms with Gasteiger partial charge in [0.25, 0.3) is 0 Å². The van der Waals surface area contributed by atoms with E-state index in [1.54, 1.807) is 0 Å². The highest BCUT2D eigenvalue weighted by Crippen LogP contribution is 2.31. The van der Waals surface area contributed by atoms with Crippen molar-refractivity contribution < 1.29 is 25.2 Å². The van der Waals surface area contributed by atoms with Gasteiger partial charge in [0, 0.05) is 17.8 Å². The Balaban J connectivity index is 2.39. The fourth-order valence-corrected chi connectivity index (χ4v) is 1.58. The number of aromatic carboxylic acids is 1. The molecule has 0 saturated carbocycles. The van der Waals surface area contributed by atoms with Crippen molar-refractivity contribution in [2.24, 2.45) is 0 Å². The molecule has 0 aliphatic carbocycles. The first-order chi connectivity index (χ1) is 8.97. The maximum absolute atomic E-state index is 11.0. The summed E-state index contributed by atoms with van der Waals surface area (Å²) in [4.78, 5) is 11.0. The molecule has 98 valence electrons. The molecule has 0 unspecified atom stereocenters. The summed E-state index contributed by atoms with van der Waals surface area (Å²) in [5.74, 6) is -1.84. The Bertz CT molecular complexity index is 639. The van der Waals surface area contributed by atoms with Gasteiger partial charge in [0.2, 0.25) is 0 Å². The number of nitrogens with one attached hydrogen (secondary N) is 1. The average Bonchev–Trinajstić information content (AvgIpc) is 2.33. The van der Waals surface area contributed by atoms with Crippen LogP contribution in [0.5, 0.6) is 17.2 Å². The maximum Gasteiger partial charge on any atom is 0.337 e. The topological polar surface area (TPSA) is 110 Å². The zero-order valence-corrected chi connectivity index (χ0v) is 9.66. The van der Waals surface area contributed by atoms with Gasteiger partial charge in [-0.25, -0.2) is 4.79 Å². The number of hydrogen-bond donors (Lipinski definition) is 5. The summed E-state index contributed by atoms with van der Waals surface area (Å²) >= 11 is 0. The summed E-state index contributed by atoms with van der Waals surface area (Å²) in [7, 11) is 0. The van der Waals surface area contributed by atoms with Crippen molar-refractivity contribution in [3.05, 3.63) is 42.0 Å². The van der Waals surface area contributed by atoms with Crippen molar-refractivity contribution in [1.82, 2.24) is 0 Å². The number of carboxylic acids is 1. The van der Waals surface area contributed by atoms with Crippen molar-refractivity contribution in [2.45, 2.75) is 0 Å². The number of aromatic hydroxyl groups is 3. The molecule has 5 N–H and O–H groups in total. The Hall–Kier alpha value is -2.89. The number of rotatable bonds is 3. The van der Waals surface area contributed by atoms with E-state index in [0.717, 1.165) is 0 Å². The lowest BCUT2D eigenvalue weighted by Crippen LogP contribution is -2.02. The fraction of sp³-hybridized carbons (Fsp3) is 0. The third-order valence-corrected chi connectivity index (χ3v) is 2.49. The number of carbonyl (C=O) groups is 1. The monoisotopic (exact) mass is 261 g/mol. The van der Waals surface area contributed by atoms with E-state index in [1.807, 2.05) is 0 Å². The first kappa shape index (κ1) is 12.6. The summed E-state index contributed by atoms with van der Waals surface area (Å²) in [5.41, 5.74) is 0.534. The van der Waals surface area contributed by atoms with Crippen LogP contribution < -0.4 is 5.32 Å². The molecule has 0 aliphatic rings. The van der Waals surface area contributed by atoms with Gasteiger partial charge in [-0.05, 0) is 24.3 Å². The molecule has 0 fully saturated rings. The van der Waals surface area contributed by atoms with Gasteiger partial charge in [-0.15, -0.1) is 0 Å². The smallest absolute Gasteiger partial charge is 0.337 e. The van der Waals surface area contributed by atoms with Gasteiger partial charge < -0.3 is 25.7 Å². The van der Waals surface area contributed by atoms with Gasteiger partial charge in [-0.1, -0.05) is 0 Å². The predicted octanol–water partition coefficient (Wildman–Crippen LogP) is 2.25. The molecule has 0 saturated heterocycles. The van der Waals surface area contributed by atoms with Gasteiger partial charge in [0.05, 0.1) is 11.3 Å². The SMILES string of the molecule is O=C(O)c1ccc(O)cc1Nc1ccc(O)c(O)c1. The number of benzene rings is 2. The zero-order chi connectivity index (χ0) is 14.0. The molecule has 0 atom stereocenters. The van der Waals surface area contributed by atoms with Crippen molar-refractivity contribution >= 4 is 17.3 Å². The molecule has 19 heavy (non-hydrogen) atoms. The Kier molecular flexibility index (Phi) is 3.15. The van der Waals surface area contributed by atoms with Crippen LogP contribution in [0.4, 0.5) is 11.4 Å². The third-order valence-electron chi connectivity index (χ3n) is 2.49. The van der Waals surface area contributed by atoms with Gasteiger partial charge in [-0.2, -0.15) is 0 Å². The number of phenolic OH excluding ortho intramolecular Hbond substituents is 3. The molecule has 6 heteroatoms. The molecular formula is C13H11NO5. The number of anilines is 2. The number of hydrogen-bond acceptors (Lipinski definition) is 5. The molecule has 2 rings (SSSR count). The Morgan fingerprint density at radius 2 is 1.68 bits per heavy atom. The molecule has 0 aromatic heterocycles. The largest absolute Gasteiger partial charge is 0.508 e. The summed E-state index contributed by atoms with van der Waals surface area (Å²) in [6.07, 6.45) is 0. The van der Waals surface area contributed by atoms with Crippen LogP contribution in [0.15, 0.2) is 36.4 Å². The minimum absolute atomic E-state index is 0.0228. The minimum Gasteiger partial charge on any atom is -0.508 e. The lowest BCUT2D eigenvalue weighted by atomic mass is 10.1. The molecule has 2 aromatic rings. The van der Waals surface area contributed by atoms with Gasteiger partial charge >= 0.3 is 5.97 Å². The van der Waals surface area contributed by atoms with Crippen molar-refractivity contribution in [3.8, 4) is 17.2 Å². The highest BCUT2D eigenvalue weighted by molar-refractivity contribution is 5.95. The van der Waals surface area contributed by atoms with Crippen LogP contribution in [0.25, 0.3) is 0 Å². The van der Waals surface area contributed by atoms with Crippen LogP contribution in [0.2, 0.25) is 0 Å². The first-order valence-corrected chi connectivity index (χ1v) is 5.32. The second-order valence-corrected chi connectivity index (χ2v) is 3.86. The minimum atomic E-state index is -1.15. The van der Waals surface area contributed by atoms with Crippen LogP contribution >= 0.6 is 0 Å². The van der Waals surface area contributed by atoms with Crippen LogP contribution in [-0.2, 0) is 0 Å². The van der Waals surface area contributed by atoms with E-state index in [-0.39, 0.29) is 28.5 Å². The van der Waals surface area contributed by atoms with Crippen molar-refractivity contribution in [1.29, 1.82) is 0 Å². The highest BCUT2D eigenvalue weighted by Gasteiger charge is 2.11. The van der Waals surface area contributed by atoms with E-state index >= 15 is 0 Å². The van der Waals surface area contributed by atoms with Crippen LogP contribution in [0, 0.1) is 0 Å². The highest BCUT2D eigenvalue weighted by atomic mass is 16.4. The molecule has 0 amide bonds. The van der Waals surface area contributed by atoms with E-state index in [1.165, 1.54) is 36.4 Å². The first-order valence-electron chi connectivity index (χ1n) is 5.32. The number of phenols is 3. The lowest BCUT2D eigenvalue weighted by molar-refractivity contribution is 0.0698. The van der Waals surface area contributed by atoms with Crippen LogP contribution in [0.3, 0.4) is 0 Å². The number of carboxylic acid groups (broad SMARTS) is 1. The van der Waals surface area contributed by atoms with Gasteiger partial charge in [0.15, 0.2) is 11.5 Å². The quantitative estimate of drug-likeness (QED) is 0.428. The van der Waals surface area contributed by atoms with E-state index in [0.29, 0.717) is 5.69 Å². The molecule has 0 bridgehead atoms. The molecular weight excluding hydrogens is 250 g/mol. The molecule has 2 aromatic carbocycles. The van der Waals surface area contributed by atoms with E-state index in [4.69, 9.17) is 5.11 Å². The van der Waals surface area contributed by atoms with Crippen LogP contribution in [-0.4, -0.2) is 26.4 Å². The van der Waals surface area contributed by atoms with Crippen molar-refractivity contribution in [2.75, 3.05) is 5.32 Å². The van der Waals surface area contributed by atoms with E-state index in [9.17, 15) is 20.1 Å². The van der Waals surface area contributed by atoms with E-state index in [2.05, 4.69) is 5.32 Å². The molecule has 0 spiro atoms. The van der Waals surface area contributed by atoms with Crippen LogP contribution in [0.1, 0.15) is 10.4 Å². The van der Waals surface area contributed by atoms with E-state index < -0.39 is 5.97 Å². The maximum atomic E-state index is 11.0. The fourth-order valence-electron chi connectivity index (χ4n) is 1.58. The Morgan fingerprint density at radius 3 is 2.32 bits per heavy atom. The summed E-state index contributed by atoms with van der Waals surface area (Å²) in [6, 6.07) is 7.76. The molecule has 6 nitrogen and oxygen atoms in total. The standard InChI is InChI=1S/C13H11NO5/c15-8-2-3-9(13(18)19)10(6-8)14-7-1-4-11(16)12(17)5-7/h1-6,14-17H,(H,18,19). The molecule has 0 heterocycles. The Morgan fingerprint density at radius 1 is 0.947 bits per heavy atom. The average molecular weight is 261 g/mol. The summed E-state index contributed by atoms with van der Waals surface area (Å²) in [5, 5.41) is 39.7. The zero-order valence-electron chi connectivity index (χ0n) is 9.66. The summed E-state index contributed by atoms with van der Waals surface area (Å²) < 4.78 is 0. The lowest BCUT2D eigenvalue weighted by Gasteiger charge is -2.10. The Labute approximate surface area is 108 Å². The second kappa shape index (κ2) is 4.77. The third kappa shape index (κ3) is 2.68. The van der Waals surface area contributed by atoms with Gasteiger partial charge in [0.1, 0.15) is 5.75 Å². The molecule has 0 radical (unpaired) electrons. The van der Waals surface area contributed by atoms with Gasteiger partial charge in [-0.3, -0.25) is 0 Å². The predicted molar refractivity (Wildman–Crippen MR) is 68.1 cm³/mol.